The molecule has 1 aliphatic rings. The van der Waals surface area contributed by atoms with Crippen LogP contribution < -0.4 is 10.1 Å². The average Bonchev–Trinajstić information content (AvgIpc) is 2.44. The zero-order valence-electron chi connectivity index (χ0n) is 11.3. The summed E-state index contributed by atoms with van der Waals surface area (Å²) in [5.74, 6) is 0.909. The van der Waals surface area contributed by atoms with Gasteiger partial charge in [0, 0.05) is 18.2 Å². The third-order valence-electron chi connectivity index (χ3n) is 3.56. The van der Waals surface area contributed by atoms with Gasteiger partial charge in [-0.15, -0.1) is 0 Å². The van der Waals surface area contributed by atoms with Crippen molar-refractivity contribution in [3.63, 3.8) is 0 Å². The average molecular weight is 261 g/mol. The van der Waals surface area contributed by atoms with Gasteiger partial charge in [0.1, 0.15) is 12.4 Å². The van der Waals surface area contributed by atoms with Crippen molar-refractivity contribution in [1.29, 1.82) is 0 Å². The van der Waals surface area contributed by atoms with Crippen LogP contribution in [0.25, 0.3) is 0 Å². The van der Waals surface area contributed by atoms with E-state index in [1.807, 2.05) is 18.2 Å². The second-order valence-corrected chi connectivity index (χ2v) is 5.11. The van der Waals surface area contributed by atoms with Gasteiger partial charge in [0.25, 0.3) is 0 Å². The summed E-state index contributed by atoms with van der Waals surface area (Å²) in [6.07, 6.45) is 5.66. The first kappa shape index (κ1) is 14.1. The van der Waals surface area contributed by atoms with Gasteiger partial charge < -0.3 is 15.2 Å². The molecule has 2 rings (SSSR count). The Bertz CT molecular complexity index is 405. The number of hydrogen-bond donors (Lipinski definition) is 2. The van der Waals surface area contributed by atoms with Crippen molar-refractivity contribution in [2.24, 2.45) is 0 Å². The van der Waals surface area contributed by atoms with Crippen LogP contribution in [0.4, 0.5) is 0 Å². The van der Waals surface area contributed by atoms with Gasteiger partial charge in [0.15, 0.2) is 0 Å². The molecule has 2 atom stereocenters. The highest BCUT2D eigenvalue weighted by atomic mass is 16.5. The number of benzene rings is 1. The van der Waals surface area contributed by atoms with E-state index in [1.54, 1.807) is 6.08 Å². The number of aliphatic hydroxyl groups excluding tert-OH is 1. The minimum Gasteiger partial charge on any atom is -0.489 e. The van der Waals surface area contributed by atoms with Crippen molar-refractivity contribution in [3.8, 4) is 5.75 Å². The highest BCUT2D eigenvalue weighted by Crippen LogP contribution is 2.21. The Labute approximate surface area is 115 Å². The van der Waals surface area contributed by atoms with E-state index in [-0.39, 0.29) is 6.10 Å². The van der Waals surface area contributed by atoms with Gasteiger partial charge in [0.2, 0.25) is 0 Å². The second kappa shape index (κ2) is 7.31. The van der Waals surface area contributed by atoms with Crippen molar-refractivity contribution in [1.82, 2.24) is 5.32 Å². The molecule has 3 nitrogen and oxygen atoms in total. The van der Waals surface area contributed by atoms with Crippen molar-refractivity contribution in [2.75, 3.05) is 6.61 Å². The molecule has 1 aromatic rings. The third kappa shape index (κ3) is 4.37. The number of ether oxygens (including phenoxy) is 1. The van der Waals surface area contributed by atoms with E-state index in [1.165, 1.54) is 0 Å². The van der Waals surface area contributed by atoms with Crippen LogP contribution in [0.15, 0.2) is 36.9 Å². The lowest BCUT2D eigenvalue weighted by atomic mass is 9.93. The fourth-order valence-corrected chi connectivity index (χ4v) is 2.54. The minimum atomic E-state index is -0.140. The lowest BCUT2D eigenvalue weighted by Gasteiger charge is -2.27. The van der Waals surface area contributed by atoms with Crippen LogP contribution in [-0.4, -0.2) is 23.9 Å². The molecule has 1 fully saturated rings. The predicted octanol–water partition coefficient (Wildman–Crippen LogP) is 2.64. The number of nitrogens with one attached hydrogen (secondary N) is 1. The van der Waals surface area contributed by atoms with Gasteiger partial charge in [-0.25, -0.2) is 0 Å². The molecule has 0 radical (unpaired) electrons. The van der Waals surface area contributed by atoms with Gasteiger partial charge in [-0.05, 0) is 31.7 Å². The fourth-order valence-electron chi connectivity index (χ4n) is 2.54. The van der Waals surface area contributed by atoms with Crippen molar-refractivity contribution < 1.29 is 9.84 Å². The molecule has 1 aromatic carbocycles. The molecule has 0 amide bonds. The van der Waals surface area contributed by atoms with E-state index in [4.69, 9.17) is 4.74 Å². The molecule has 1 saturated carbocycles. The van der Waals surface area contributed by atoms with Gasteiger partial charge in [-0.2, -0.15) is 0 Å². The van der Waals surface area contributed by atoms with Crippen molar-refractivity contribution in [2.45, 2.75) is 44.4 Å². The molecular formula is C16H23NO2. The van der Waals surface area contributed by atoms with Crippen LogP contribution in [0.1, 0.15) is 31.2 Å². The Morgan fingerprint density at radius 1 is 1.37 bits per heavy atom. The third-order valence-corrected chi connectivity index (χ3v) is 3.56. The van der Waals surface area contributed by atoms with Crippen molar-refractivity contribution >= 4 is 0 Å². The summed E-state index contributed by atoms with van der Waals surface area (Å²) in [6.45, 7) is 4.97. The van der Waals surface area contributed by atoms with Gasteiger partial charge >= 0.3 is 0 Å². The number of para-hydroxylation sites is 1. The smallest absolute Gasteiger partial charge is 0.124 e. The second-order valence-electron chi connectivity index (χ2n) is 5.11. The summed E-state index contributed by atoms with van der Waals surface area (Å²) in [6, 6.07) is 8.47. The number of hydrogen-bond acceptors (Lipinski definition) is 3. The molecule has 0 bridgehead atoms. The van der Waals surface area contributed by atoms with Gasteiger partial charge in [-0.3, -0.25) is 0 Å². The summed E-state index contributed by atoms with van der Waals surface area (Å²) in [5, 5.41) is 13.2. The summed E-state index contributed by atoms with van der Waals surface area (Å²) in [5.41, 5.74) is 1.16. The van der Waals surface area contributed by atoms with E-state index in [0.29, 0.717) is 12.6 Å². The molecule has 0 saturated heterocycles. The molecule has 19 heavy (non-hydrogen) atoms. The lowest BCUT2D eigenvalue weighted by Crippen LogP contribution is -2.35. The molecular weight excluding hydrogens is 238 g/mol. The monoisotopic (exact) mass is 261 g/mol. The van der Waals surface area contributed by atoms with Crippen molar-refractivity contribution in [3.05, 3.63) is 42.5 Å². The topological polar surface area (TPSA) is 41.5 Å². The first-order valence-electron chi connectivity index (χ1n) is 7.02. The summed E-state index contributed by atoms with van der Waals surface area (Å²) in [4.78, 5) is 0. The van der Waals surface area contributed by atoms with E-state index in [0.717, 1.165) is 43.5 Å². The Balaban J connectivity index is 1.89. The summed E-state index contributed by atoms with van der Waals surface area (Å²) >= 11 is 0. The first-order valence-corrected chi connectivity index (χ1v) is 7.02. The molecule has 0 aliphatic heterocycles. The summed E-state index contributed by atoms with van der Waals surface area (Å²) in [7, 11) is 0. The maximum absolute atomic E-state index is 9.67. The highest BCUT2D eigenvalue weighted by Gasteiger charge is 2.19. The molecule has 0 aromatic heterocycles. The van der Waals surface area contributed by atoms with Crippen LogP contribution in [0, 0.1) is 0 Å². The highest BCUT2D eigenvalue weighted by molar-refractivity contribution is 5.33. The van der Waals surface area contributed by atoms with Crippen LogP contribution in [-0.2, 0) is 6.54 Å². The molecule has 2 N–H and O–H groups in total. The quantitative estimate of drug-likeness (QED) is 0.774. The largest absolute Gasteiger partial charge is 0.489 e. The molecule has 1 aliphatic carbocycles. The van der Waals surface area contributed by atoms with E-state index >= 15 is 0 Å². The van der Waals surface area contributed by atoms with E-state index in [2.05, 4.69) is 18.0 Å². The van der Waals surface area contributed by atoms with Crippen LogP contribution in [0.2, 0.25) is 0 Å². The maximum Gasteiger partial charge on any atom is 0.124 e. The molecule has 0 spiro atoms. The SMILES string of the molecule is C=CCOc1ccccc1CNC1CCCC(O)C1. The van der Waals surface area contributed by atoms with E-state index < -0.39 is 0 Å². The van der Waals surface area contributed by atoms with Crippen LogP contribution >= 0.6 is 0 Å². The first-order chi connectivity index (χ1) is 9.29. The molecule has 0 heterocycles. The minimum absolute atomic E-state index is 0.140. The number of aliphatic hydroxyl groups is 1. The standard InChI is InChI=1S/C16H23NO2/c1-2-10-19-16-9-4-3-6-13(16)12-17-14-7-5-8-15(18)11-14/h2-4,6,9,14-15,17-18H,1,5,7-8,10-12H2. The van der Waals surface area contributed by atoms with Crippen LogP contribution in [0.5, 0.6) is 5.75 Å². The Morgan fingerprint density at radius 2 is 2.21 bits per heavy atom. The van der Waals surface area contributed by atoms with Crippen LogP contribution in [0.3, 0.4) is 0 Å². The maximum atomic E-state index is 9.67. The zero-order valence-corrected chi connectivity index (χ0v) is 11.3. The Hall–Kier alpha value is -1.32. The Kier molecular flexibility index (Phi) is 5.43. The summed E-state index contributed by atoms with van der Waals surface area (Å²) < 4.78 is 5.64. The van der Waals surface area contributed by atoms with Gasteiger partial charge in [0.05, 0.1) is 6.10 Å². The fraction of sp³-hybridized carbons (Fsp3) is 0.500. The molecule has 3 heteroatoms. The van der Waals surface area contributed by atoms with Gasteiger partial charge in [-0.1, -0.05) is 30.9 Å². The number of rotatable bonds is 6. The Morgan fingerprint density at radius 3 is 3.00 bits per heavy atom. The molecule has 104 valence electrons. The normalized spacial score (nSPS) is 23.0. The van der Waals surface area contributed by atoms with E-state index in [9.17, 15) is 5.11 Å². The zero-order chi connectivity index (χ0) is 13.5. The molecule has 2 unspecified atom stereocenters. The predicted molar refractivity (Wildman–Crippen MR) is 77.2 cm³/mol. The lowest BCUT2D eigenvalue weighted by molar-refractivity contribution is 0.111.